The zero-order valence-electron chi connectivity index (χ0n) is 6.18. The van der Waals surface area contributed by atoms with Gasteiger partial charge in [-0.15, -0.1) is 0 Å². The first-order chi connectivity index (χ1) is 5.77. The predicted molar refractivity (Wildman–Crippen MR) is 40.9 cm³/mol. The van der Waals surface area contributed by atoms with Crippen molar-refractivity contribution in [2.24, 2.45) is 0 Å². The zero-order valence-corrected chi connectivity index (χ0v) is 6.18. The third-order valence-corrected chi connectivity index (χ3v) is 1.66. The summed E-state index contributed by atoms with van der Waals surface area (Å²) in [5.41, 5.74) is 0.457. The molecule has 0 spiro atoms. The topological polar surface area (TPSA) is 9.23 Å². The molecule has 1 aliphatic rings. The van der Waals surface area contributed by atoms with Gasteiger partial charge in [0.15, 0.2) is 11.6 Å². The number of hydrogen-bond donors (Lipinski definition) is 0. The van der Waals surface area contributed by atoms with Gasteiger partial charge in [0.05, 0.1) is 0 Å². The van der Waals surface area contributed by atoms with E-state index in [9.17, 15) is 8.78 Å². The average molecular weight is 168 g/mol. The van der Waals surface area contributed by atoms with Gasteiger partial charge in [-0.2, -0.15) is 0 Å². The summed E-state index contributed by atoms with van der Waals surface area (Å²) in [5.74, 6) is -1.09. The predicted octanol–water partition coefficient (Wildman–Crippen LogP) is 2.37. The summed E-state index contributed by atoms with van der Waals surface area (Å²) in [7, 11) is 0. The van der Waals surface area contributed by atoms with Crippen LogP contribution in [0.3, 0.4) is 0 Å². The SMILES string of the molecule is Fc1cc(F)c2c(c1)C=CCO2. The van der Waals surface area contributed by atoms with E-state index in [1.54, 1.807) is 12.2 Å². The molecular formula is C9H6F2O. The second kappa shape index (κ2) is 2.59. The summed E-state index contributed by atoms with van der Waals surface area (Å²) < 4.78 is 30.5. The van der Waals surface area contributed by atoms with Crippen molar-refractivity contribution in [1.82, 2.24) is 0 Å². The van der Waals surface area contributed by atoms with E-state index in [1.165, 1.54) is 6.07 Å². The van der Waals surface area contributed by atoms with E-state index < -0.39 is 11.6 Å². The molecule has 62 valence electrons. The van der Waals surface area contributed by atoms with Crippen LogP contribution in [0.15, 0.2) is 18.2 Å². The lowest BCUT2D eigenvalue weighted by atomic mass is 10.1. The summed E-state index contributed by atoms with van der Waals surface area (Å²) in [6.07, 6.45) is 3.35. The van der Waals surface area contributed by atoms with Crippen molar-refractivity contribution < 1.29 is 13.5 Å². The molecule has 12 heavy (non-hydrogen) atoms. The maximum atomic E-state index is 12.9. The van der Waals surface area contributed by atoms with Gasteiger partial charge in [0.25, 0.3) is 0 Å². The molecule has 0 unspecified atom stereocenters. The van der Waals surface area contributed by atoms with E-state index in [0.29, 0.717) is 12.2 Å². The van der Waals surface area contributed by atoms with Crippen molar-refractivity contribution in [3.63, 3.8) is 0 Å². The van der Waals surface area contributed by atoms with Gasteiger partial charge in [-0.1, -0.05) is 6.08 Å². The smallest absolute Gasteiger partial charge is 0.168 e. The van der Waals surface area contributed by atoms with E-state index in [2.05, 4.69) is 0 Å². The van der Waals surface area contributed by atoms with Crippen LogP contribution in [0.25, 0.3) is 6.08 Å². The Balaban J connectivity index is 2.62. The maximum absolute atomic E-state index is 12.9. The molecule has 2 rings (SSSR count). The van der Waals surface area contributed by atoms with Crippen molar-refractivity contribution in [2.45, 2.75) is 0 Å². The van der Waals surface area contributed by atoms with Crippen LogP contribution in [-0.2, 0) is 0 Å². The number of halogens is 2. The highest BCUT2D eigenvalue weighted by atomic mass is 19.1. The quantitative estimate of drug-likeness (QED) is 0.577. The van der Waals surface area contributed by atoms with Gasteiger partial charge in [0.2, 0.25) is 0 Å². The zero-order chi connectivity index (χ0) is 8.55. The first-order valence-electron chi connectivity index (χ1n) is 3.56. The molecule has 3 heteroatoms. The second-order valence-corrected chi connectivity index (χ2v) is 2.52. The first kappa shape index (κ1) is 7.28. The standard InChI is InChI=1S/C9H6F2O/c10-7-4-6-2-1-3-12-9(6)8(11)5-7/h1-2,4-5H,3H2. The summed E-state index contributed by atoms with van der Waals surface area (Å²) in [5, 5.41) is 0. The highest BCUT2D eigenvalue weighted by Gasteiger charge is 2.12. The van der Waals surface area contributed by atoms with Crippen LogP contribution in [0.2, 0.25) is 0 Å². The average Bonchev–Trinajstić information content (AvgIpc) is 2.04. The Hall–Kier alpha value is -1.38. The summed E-state index contributed by atoms with van der Waals surface area (Å²) >= 11 is 0. The Morgan fingerprint density at radius 2 is 2.08 bits per heavy atom. The number of fused-ring (bicyclic) bond motifs is 1. The van der Waals surface area contributed by atoms with Crippen LogP contribution < -0.4 is 4.74 Å². The van der Waals surface area contributed by atoms with Crippen molar-refractivity contribution in [1.29, 1.82) is 0 Å². The third kappa shape index (κ3) is 1.07. The fourth-order valence-corrected chi connectivity index (χ4v) is 1.16. The van der Waals surface area contributed by atoms with Crippen molar-refractivity contribution in [3.05, 3.63) is 35.4 Å². The minimum Gasteiger partial charge on any atom is -0.486 e. The highest BCUT2D eigenvalue weighted by molar-refractivity contribution is 5.59. The molecule has 0 radical (unpaired) electrons. The summed E-state index contributed by atoms with van der Waals surface area (Å²) in [4.78, 5) is 0. The Morgan fingerprint density at radius 1 is 1.25 bits per heavy atom. The molecule has 0 aromatic heterocycles. The maximum Gasteiger partial charge on any atom is 0.168 e. The molecule has 1 heterocycles. The Kier molecular flexibility index (Phi) is 1.57. The van der Waals surface area contributed by atoms with Gasteiger partial charge in [-0.05, 0) is 12.1 Å². The van der Waals surface area contributed by atoms with Crippen LogP contribution >= 0.6 is 0 Å². The number of benzene rings is 1. The van der Waals surface area contributed by atoms with Gasteiger partial charge in [-0.25, -0.2) is 8.78 Å². The van der Waals surface area contributed by atoms with Crippen molar-refractivity contribution >= 4 is 6.08 Å². The van der Waals surface area contributed by atoms with Crippen LogP contribution in [0.4, 0.5) is 8.78 Å². The van der Waals surface area contributed by atoms with Gasteiger partial charge in [-0.3, -0.25) is 0 Å². The van der Waals surface area contributed by atoms with E-state index in [1.807, 2.05) is 0 Å². The third-order valence-electron chi connectivity index (χ3n) is 1.66. The van der Waals surface area contributed by atoms with Gasteiger partial charge in [0, 0.05) is 11.6 Å². The Morgan fingerprint density at radius 3 is 2.92 bits per heavy atom. The number of ether oxygens (including phenoxy) is 1. The molecule has 1 nitrogen and oxygen atoms in total. The lowest BCUT2D eigenvalue weighted by molar-refractivity contribution is 0.335. The molecule has 0 aliphatic carbocycles. The van der Waals surface area contributed by atoms with E-state index >= 15 is 0 Å². The molecule has 0 N–H and O–H groups in total. The van der Waals surface area contributed by atoms with E-state index in [0.717, 1.165) is 6.07 Å². The second-order valence-electron chi connectivity index (χ2n) is 2.52. The van der Waals surface area contributed by atoms with Gasteiger partial charge < -0.3 is 4.74 Å². The minimum atomic E-state index is -0.644. The van der Waals surface area contributed by atoms with Crippen molar-refractivity contribution in [3.8, 4) is 5.75 Å². The van der Waals surface area contributed by atoms with E-state index in [-0.39, 0.29) is 5.75 Å². The molecule has 0 fully saturated rings. The van der Waals surface area contributed by atoms with Crippen LogP contribution in [0, 0.1) is 11.6 Å². The normalized spacial score (nSPS) is 13.8. The fourth-order valence-electron chi connectivity index (χ4n) is 1.16. The molecule has 0 amide bonds. The summed E-state index contributed by atoms with van der Waals surface area (Å²) in [6.45, 7) is 0.343. The highest BCUT2D eigenvalue weighted by Crippen LogP contribution is 2.27. The molecule has 0 saturated heterocycles. The minimum absolute atomic E-state index is 0.138. The molecule has 1 aliphatic heterocycles. The Labute approximate surface area is 68.3 Å². The van der Waals surface area contributed by atoms with Crippen LogP contribution in [-0.4, -0.2) is 6.61 Å². The molecular weight excluding hydrogens is 162 g/mol. The molecule has 0 bridgehead atoms. The molecule has 0 atom stereocenters. The molecule has 1 aromatic rings. The lowest BCUT2D eigenvalue weighted by Crippen LogP contribution is -2.03. The summed E-state index contributed by atoms with van der Waals surface area (Å²) in [6, 6.07) is 2.06. The number of rotatable bonds is 0. The molecule has 1 aromatic carbocycles. The van der Waals surface area contributed by atoms with E-state index in [4.69, 9.17) is 4.74 Å². The number of hydrogen-bond acceptors (Lipinski definition) is 1. The Bertz CT molecular complexity index is 345. The monoisotopic (exact) mass is 168 g/mol. The van der Waals surface area contributed by atoms with Crippen LogP contribution in [0.5, 0.6) is 5.75 Å². The van der Waals surface area contributed by atoms with Crippen molar-refractivity contribution in [2.75, 3.05) is 6.61 Å². The van der Waals surface area contributed by atoms with Gasteiger partial charge in [0.1, 0.15) is 12.4 Å². The van der Waals surface area contributed by atoms with Gasteiger partial charge >= 0.3 is 0 Å². The fraction of sp³-hybridized carbons (Fsp3) is 0.111. The first-order valence-corrected chi connectivity index (χ1v) is 3.56. The molecule has 0 saturated carbocycles. The largest absolute Gasteiger partial charge is 0.486 e. The van der Waals surface area contributed by atoms with Crippen LogP contribution in [0.1, 0.15) is 5.56 Å². The lowest BCUT2D eigenvalue weighted by Gasteiger charge is -2.12.